The van der Waals surface area contributed by atoms with Gasteiger partial charge in [-0.2, -0.15) is 0 Å². The van der Waals surface area contributed by atoms with Crippen molar-refractivity contribution >= 4 is 21.9 Å². The Balaban J connectivity index is 2.30. The molecule has 1 fully saturated rings. The lowest BCUT2D eigenvalue weighted by molar-refractivity contribution is -0.0728. The fraction of sp³-hybridized carbons (Fsp3) is 0.733. The zero-order valence-corrected chi connectivity index (χ0v) is 14.6. The van der Waals surface area contributed by atoms with Gasteiger partial charge in [0.15, 0.2) is 0 Å². The summed E-state index contributed by atoms with van der Waals surface area (Å²) in [7, 11) is 0. The fourth-order valence-electron chi connectivity index (χ4n) is 2.54. The van der Waals surface area contributed by atoms with Crippen molar-refractivity contribution in [2.75, 3.05) is 23.3 Å². The molecule has 1 aliphatic rings. The second-order valence-electron chi connectivity index (χ2n) is 6.42. The number of hydrogen-bond donors (Lipinski definition) is 0. The number of aryl methyl sites for hydroxylation is 1. The van der Waals surface area contributed by atoms with E-state index in [9.17, 15) is 0 Å². The third kappa shape index (κ3) is 3.70. The molecule has 0 bridgehead atoms. The van der Waals surface area contributed by atoms with Crippen LogP contribution < -0.4 is 4.90 Å². The van der Waals surface area contributed by atoms with E-state index in [4.69, 9.17) is 9.72 Å². The van der Waals surface area contributed by atoms with Gasteiger partial charge in [-0.05, 0) is 32.8 Å². The first-order valence-electron chi connectivity index (χ1n) is 7.15. The van der Waals surface area contributed by atoms with E-state index in [2.05, 4.69) is 59.6 Å². The number of nitrogens with zero attached hydrogens (tertiary/aromatic N) is 3. The summed E-state index contributed by atoms with van der Waals surface area (Å²) < 4.78 is 6.04. The predicted molar refractivity (Wildman–Crippen MR) is 85.8 cm³/mol. The Bertz CT molecular complexity index is 476. The maximum Gasteiger partial charge on any atom is 0.225 e. The minimum absolute atomic E-state index is 0.172. The molecule has 1 unspecified atom stereocenters. The van der Waals surface area contributed by atoms with Gasteiger partial charge < -0.3 is 9.64 Å². The van der Waals surface area contributed by atoms with Crippen LogP contribution in [0, 0.1) is 6.92 Å². The second-order valence-corrected chi connectivity index (χ2v) is 7.07. The molecule has 112 valence electrons. The summed E-state index contributed by atoms with van der Waals surface area (Å²) >= 11 is 3.52. The van der Waals surface area contributed by atoms with E-state index >= 15 is 0 Å². The van der Waals surface area contributed by atoms with E-state index in [1.165, 1.54) is 0 Å². The zero-order chi connectivity index (χ0) is 14.9. The van der Waals surface area contributed by atoms with E-state index in [-0.39, 0.29) is 11.7 Å². The predicted octanol–water partition coefficient (Wildman–Crippen LogP) is 3.29. The van der Waals surface area contributed by atoms with Crippen LogP contribution in [0.15, 0.2) is 6.07 Å². The molecule has 5 heteroatoms. The van der Waals surface area contributed by atoms with Gasteiger partial charge in [0.25, 0.3) is 0 Å². The number of rotatable bonds is 3. The first kappa shape index (κ1) is 15.7. The van der Waals surface area contributed by atoms with Crippen LogP contribution >= 0.6 is 15.9 Å². The Morgan fingerprint density at radius 2 is 2.15 bits per heavy atom. The SMILES string of the molecule is Cc1cc(C(C)C)nc(N2CC(CBr)OC(C)(C)C2)n1. The van der Waals surface area contributed by atoms with Crippen LogP contribution in [-0.2, 0) is 4.74 Å². The van der Waals surface area contributed by atoms with Gasteiger partial charge in [-0.1, -0.05) is 29.8 Å². The zero-order valence-electron chi connectivity index (χ0n) is 13.0. The van der Waals surface area contributed by atoms with Crippen molar-refractivity contribution in [2.24, 2.45) is 0 Å². The monoisotopic (exact) mass is 341 g/mol. The second kappa shape index (κ2) is 5.98. The standard InChI is InChI=1S/C15H24BrN3O/c1-10(2)13-6-11(3)17-14(18-13)19-8-12(7-16)20-15(4,5)9-19/h6,10,12H,7-9H2,1-5H3. The molecule has 0 saturated carbocycles. The van der Waals surface area contributed by atoms with Gasteiger partial charge in [0.2, 0.25) is 5.95 Å². The van der Waals surface area contributed by atoms with Gasteiger partial charge in [0, 0.05) is 29.8 Å². The minimum atomic E-state index is -0.179. The molecule has 1 aromatic rings. The summed E-state index contributed by atoms with van der Waals surface area (Å²) in [6.07, 6.45) is 0.172. The summed E-state index contributed by atoms with van der Waals surface area (Å²) in [6, 6.07) is 2.07. The third-order valence-electron chi connectivity index (χ3n) is 3.39. The van der Waals surface area contributed by atoms with Gasteiger partial charge in [0.1, 0.15) is 0 Å². The fourth-order valence-corrected chi connectivity index (χ4v) is 2.88. The molecule has 0 radical (unpaired) electrons. The van der Waals surface area contributed by atoms with E-state index in [0.717, 1.165) is 35.8 Å². The highest BCUT2D eigenvalue weighted by Crippen LogP contribution is 2.26. The molecule has 0 aliphatic carbocycles. The maximum absolute atomic E-state index is 6.04. The topological polar surface area (TPSA) is 38.2 Å². The molecule has 1 atom stereocenters. The van der Waals surface area contributed by atoms with Gasteiger partial charge in [-0.15, -0.1) is 0 Å². The molecule has 2 rings (SSSR count). The van der Waals surface area contributed by atoms with Crippen LogP contribution in [0.5, 0.6) is 0 Å². The van der Waals surface area contributed by atoms with E-state index in [1.807, 2.05) is 6.92 Å². The highest BCUT2D eigenvalue weighted by molar-refractivity contribution is 9.09. The number of hydrogen-bond acceptors (Lipinski definition) is 4. The van der Waals surface area contributed by atoms with Crippen molar-refractivity contribution in [1.29, 1.82) is 0 Å². The van der Waals surface area contributed by atoms with E-state index < -0.39 is 0 Å². The van der Waals surface area contributed by atoms with Gasteiger partial charge >= 0.3 is 0 Å². The highest BCUT2D eigenvalue weighted by Gasteiger charge is 2.34. The van der Waals surface area contributed by atoms with Crippen LogP contribution in [0.25, 0.3) is 0 Å². The Morgan fingerprint density at radius 3 is 2.75 bits per heavy atom. The molecule has 0 amide bonds. The van der Waals surface area contributed by atoms with E-state index in [0.29, 0.717) is 5.92 Å². The molecule has 1 aromatic heterocycles. The summed E-state index contributed by atoms with van der Waals surface area (Å²) in [6.45, 7) is 12.2. The number of ether oxygens (including phenoxy) is 1. The van der Waals surface area contributed by atoms with Gasteiger partial charge in [-0.25, -0.2) is 9.97 Å². The molecule has 0 aromatic carbocycles. The van der Waals surface area contributed by atoms with Crippen molar-refractivity contribution in [1.82, 2.24) is 9.97 Å². The van der Waals surface area contributed by atoms with Gasteiger partial charge in [0.05, 0.1) is 11.7 Å². The lowest BCUT2D eigenvalue weighted by atomic mass is 10.1. The van der Waals surface area contributed by atoms with Crippen LogP contribution in [0.2, 0.25) is 0 Å². The molecule has 20 heavy (non-hydrogen) atoms. The average Bonchev–Trinajstić information content (AvgIpc) is 2.36. The quantitative estimate of drug-likeness (QED) is 0.790. The first-order valence-corrected chi connectivity index (χ1v) is 8.27. The Kier molecular flexibility index (Phi) is 4.69. The van der Waals surface area contributed by atoms with E-state index in [1.54, 1.807) is 0 Å². The van der Waals surface area contributed by atoms with Gasteiger partial charge in [-0.3, -0.25) is 0 Å². The number of morpholine rings is 1. The summed E-state index contributed by atoms with van der Waals surface area (Å²) in [5.41, 5.74) is 1.95. The molecule has 1 saturated heterocycles. The molecule has 0 spiro atoms. The third-order valence-corrected chi connectivity index (χ3v) is 4.11. The Labute approximate surface area is 130 Å². The molecule has 0 N–H and O–H groups in total. The van der Waals surface area contributed by atoms with Crippen molar-refractivity contribution < 1.29 is 4.74 Å². The Morgan fingerprint density at radius 1 is 1.45 bits per heavy atom. The molecular formula is C15H24BrN3O. The van der Waals surface area contributed by atoms with Crippen molar-refractivity contribution in [3.05, 3.63) is 17.5 Å². The number of aromatic nitrogens is 2. The lowest BCUT2D eigenvalue weighted by Crippen LogP contribution is -2.54. The first-order chi connectivity index (χ1) is 9.30. The lowest BCUT2D eigenvalue weighted by Gasteiger charge is -2.42. The van der Waals surface area contributed by atoms with Crippen LogP contribution in [0.3, 0.4) is 0 Å². The number of alkyl halides is 1. The maximum atomic E-state index is 6.04. The van der Waals surface area contributed by atoms with Crippen LogP contribution in [0.1, 0.15) is 45.0 Å². The molecular weight excluding hydrogens is 318 g/mol. The Hall–Kier alpha value is -0.680. The number of anilines is 1. The summed E-state index contributed by atoms with van der Waals surface area (Å²) in [5, 5.41) is 0.829. The molecule has 1 aliphatic heterocycles. The van der Waals surface area contributed by atoms with Crippen molar-refractivity contribution in [3.63, 3.8) is 0 Å². The summed E-state index contributed by atoms with van der Waals surface area (Å²) in [4.78, 5) is 11.6. The normalized spacial score (nSPS) is 22.4. The summed E-state index contributed by atoms with van der Waals surface area (Å²) in [5.74, 6) is 1.24. The highest BCUT2D eigenvalue weighted by atomic mass is 79.9. The number of halogens is 1. The molecule has 2 heterocycles. The molecule has 4 nitrogen and oxygen atoms in total. The largest absolute Gasteiger partial charge is 0.368 e. The average molecular weight is 342 g/mol. The van der Waals surface area contributed by atoms with Crippen molar-refractivity contribution in [3.8, 4) is 0 Å². The van der Waals surface area contributed by atoms with Crippen LogP contribution in [-0.4, -0.2) is 40.1 Å². The van der Waals surface area contributed by atoms with Crippen LogP contribution in [0.4, 0.5) is 5.95 Å². The van der Waals surface area contributed by atoms with Crippen molar-refractivity contribution in [2.45, 2.75) is 52.2 Å². The smallest absolute Gasteiger partial charge is 0.225 e. The minimum Gasteiger partial charge on any atom is -0.368 e.